The Balaban J connectivity index is 2.17. The summed E-state index contributed by atoms with van der Waals surface area (Å²) in [4.78, 5) is 0. The van der Waals surface area contributed by atoms with Crippen molar-refractivity contribution in [3.8, 4) is 12.5 Å². The predicted octanol–water partition coefficient (Wildman–Crippen LogP) is 1.12. The molecule has 0 amide bonds. The van der Waals surface area contributed by atoms with Crippen LogP contribution < -0.4 is 0 Å². The molecule has 0 bridgehead atoms. The first-order valence-electron chi connectivity index (χ1n) is 3.16. The van der Waals surface area contributed by atoms with Gasteiger partial charge in [-0.15, -0.1) is 0 Å². The summed E-state index contributed by atoms with van der Waals surface area (Å²) in [5, 5.41) is 0. The van der Waals surface area contributed by atoms with Crippen LogP contribution in [0.25, 0.3) is 0 Å². The van der Waals surface area contributed by atoms with Crippen LogP contribution in [0.5, 0.6) is 0 Å². The maximum atomic E-state index is 5.15. The second-order valence-corrected chi connectivity index (χ2v) is 2.03. The molecule has 0 aromatic carbocycles. The molecule has 1 saturated heterocycles. The zero-order valence-electron chi connectivity index (χ0n) is 5.30. The molecule has 2 heteroatoms. The molecule has 0 spiro atoms. The van der Waals surface area contributed by atoms with Crippen LogP contribution in [0, 0.1) is 12.5 Å². The standard InChI is InChI=1S/C7H10O2/c1-2-8-7-5-3-4-6-9-7/h1,7H,3-6H2. The van der Waals surface area contributed by atoms with Crippen LogP contribution in [0.15, 0.2) is 0 Å². The second-order valence-electron chi connectivity index (χ2n) is 2.03. The average molecular weight is 126 g/mol. The SMILES string of the molecule is C#COC1CCCCO1. The maximum absolute atomic E-state index is 5.15. The lowest BCUT2D eigenvalue weighted by Gasteiger charge is -2.19. The molecule has 0 radical (unpaired) electrons. The van der Waals surface area contributed by atoms with Crippen LogP contribution in [0.1, 0.15) is 19.3 Å². The van der Waals surface area contributed by atoms with Crippen molar-refractivity contribution in [2.75, 3.05) is 6.61 Å². The minimum atomic E-state index is -0.135. The molecule has 0 N–H and O–H groups in total. The molecule has 2 nitrogen and oxygen atoms in total. The van der Waals surface area contributed by atoms with Crippen LogP contribution in [0.2, 0.25) is 0 Å². The zero-order valence-corrected chi connectivity index (χ0v) is 5.30. The molecule has 1 rings (SSSR count). The van der Waals surface area contributed by atoms with Crippen LogP contribution in [-0.2, 0) is 9.47 Å². The Morgan fingerprint density at radius 1 is 1.56 bits per heavy atom. The minimum absolute atomic E-state index is 0.135. The summed E-state index contributed by atoms with van der Waals surface area (Å²) in [6.45, 7) is 0.784. The van der Waals surface area contributed by atoms with Gasteiger partial charge in [-0.1, -0.05) is 6.42 Å². The Labute approximate surface area is 55.1 Å². The predicted molar refractivity (Wildman–Crippen MR) is 33.5 cm³/mol. The van der Waals surface area contributed by atoms with E-state index in [0.717, 1.165) is 25.9 Å². The van der Waals surface area contributed by atoms with Crippen LogP contribution in [-0.4, -0.2) is 12.9 Å². The molecule has 1 atom stereocenters. The summed E-state index contributed by atoms with van der Waals surface area (Å²) in [7, 11) is 0. The summed E-state index contributed by atoms with van der Waals surface area (Å²) in [6.07, 6.45) is 10.1. The highest BCUT2D eigenvalue weighted by Gasteiger charge is 2.12. The molecule has 0 saturated carbocycles. The van der Waals surface area contributed by atoms with Crippen LogP contribution in [0.3, 0.4) is 0 Å². The lowest BCUT2D eigenvalue weighted by molar-refractivity contribution is -0.121. The molecule has 1 unspecified atom stereocenters. The van der Waals surface area contributed by atoms with Crippen molar-refractivity contribution in [3.63, 3.8) is 0 Å². The van der Waals surface area contributed by atoms with Gasteiger partial charge < -0.3 is 9.47 Å². The van der Waals surface area contributed by atoms with E-state index in [1.807, 2.05) is 0 Å². The Bertz CT molecular complexity index is 109. The van der Waals surface area contributed by atoms with Crippen molar-refractivity contribution in [1.29, 1.82) is 0 Å². The minimum Gasteiger partial charge on any atom is -0.415 e. The van der Waals surface area contributed by atoms with E-state index in [9.17, 15) is 0 Å². The van der Waals surface area contributed by atoms with Gasteiger partial charge in [0.2, 0.25) is 6.29 Å². The summed E-state index contributed by atoms with van der Waals surface area (Å²) < 4.78 is 9.94. The van der Waals surface area contributed by atoms with E-state index in [0.29, 0.717) is 0 Å². The van der Waals surface area contributed by atoms with Gasteiger partial charge in [0.05, 0.1) is 6.61 Å². The maximum Gasteiger partial charge on any atom is 0.210 e. The van der Waals surface area contributed by atoms with E-state index in [1.54, 1.807) is 0 Å². The number of terminal acetylenes is 1. The average Bonchev–Trinajstić information content (AvgIpc) is 1.91. The molecule has 1 fully saturated rings. The second kappa shape index (κ2) is 3.37. The van der Waals surface area contributed by atoms with E-state index in [1.165, 1.54) is 0 Å². The van der Waals surface area contributed by atoms with Crippen molar-refractivity contribution in [2.24, 2.45) is 0 Å². The Morgan fingerprint density at radius 3 is 3.00 bits per heavy atom. The normalized spacial score (nSPS) is 26.8. The largest absolute Gasteiger partial charge is 0.415 e. The highest BCUT2D eigenvalue weighted by atomic mass is 16.7. The number of ether oxygens (including phenoxy) is 2. The van der Waals surface area contributed by atoms with Crippen molar-refractivity contribution in [3.05, 3.63) is 0 Å². The molecule has 1 heterocycles. The lowest BCUT2D eigenvalue weighted by atomic mass is 10.2. The third kappa shape index (κ3) is 1.95. The summed E-state index contributed by atoms with van der Waals surface area (Å²) in [5.74, 6) is 0. The molecule has 1 aliphatic heterocycles. The van der Waals surface area contributed by atoms with E-state index in [2.05, 4.69) is 6.11 Å². The summed E-state index contributed by atoms with van der Waals surface area (Å²) in [6, 6.07) is 0. The fourth-order valence-corrected chi connectivity index (χ4v) is 0.880. The van der Waals surface area contributed by atoms with Crippen molar-refractivity contribution in [1.82, 2.24) is 0 Å². The Morgan fingerprint density at radius 2 is 2.44 bits per heavy atom. The van der Waals surface area contributed by atoms with Crippen LogP contribution in [0.4, 0.5) is 0 Å². The van der Waals surface area contributed by atoms with Gasteiger partial charge in [-0.3, -0.25) is 0 Å². The highest BCUT2D eigenvalue weighted by molar-refractivity contribution is 4.70. The molecule has 0 aromatic rings. The summed E-state index contributed by atoms with van der Waals surface area (Å²) in [5.41, 5.74) is 0. The fourth-order valence-electron chi connectivity index (χ4n) is 0.880. The third-order valence-electron chi connectivity index (χ3n) is 1.34. The van der Waals surface area contributed by atoms with Crippen molar-refractivity contribution >= 4 is 0 Å². The topological polar surface area (TPSA) is 18.5 Å². The first kappa shape index (κ1) is 6.44. The van der Waals surface area contributed by atoms with Gasteiger partial charge in [0.25, 0.3) is 0 Å². The molecule has 1 aliphatic rings. The summed E-state index contributed by atoms with van der Waals surface area (Å²) >= 11 is 0. The van der Waals surface area contributed by atoms with Gasteiger partial charge in [0.15, 0.2) is 0 Å². The van der Waals surface area contributed by atoms with Gasteiger partial charge in [-0.25, -0.2) is 0 Å². The monoisotopic (exact) mass is 126 g/mol. The first-order valence-corrected chi connectivity index (χ1v) is 3.16. The number of hydrogen-bond donors (Lipinski definition) is 0. The quantitative estimate of drug-likeness (QED) is 0.490. The van der Waals surface area contributed by atoms with E-state index >= 15 is 0 Å². The van der Waals surface area contributed by atoms with Gasteiger partial charge in [0, 0.05) is 6.42 Å². The number of hydrogen-bond acceptors (Lipinski definition) is 2. The van der Waals surface area contributed by atoms with Crippen molar-refractivity contribution < 1.29 is 9.47 Å². The molecule has 9 heavy (non-hydrogen) atoms. The Kier molecular flexibility index (Phi) is 2.41. The fraction of sp³-hybridized carbons (Fsp3) is 0.714. The molecular weight excluding hydrogens is 116 g/mol. The number of rotatable bonds is 1. The third-order valence-corrected chi connectivity index (χ3v) is 1.34. The molecule has 0 aromatic heterocycles. The molecular formula is C7H10O2. The van der Waals surface area contributed by atoms with Gasteiger partial charge >= 0.3 is 0 Å². The smallest absolute Gasteiger partial charge is 0.210 e. The molecule has 0 aliphatic carbocycles. The van der Waals surface area contributed by atoms with E-state index in [4.69, 9.17) is 15.9 Å². The van der Waals surface area contributed by atoms with Crippen molar-refractivity contribution in [2.45, 2.75) is 25.6 Å². The highest BCUT2D eigenvalue weighted by Crippen LogP contribution is 2.12. The Hall–Kier alpha value is -0.680. The van der Waals surface area contributed by atoms with Gasteiger partial charge in [0.1, 0.15) is 6.11 Å². The molecule has 50 valence electrons. The van der Waals surface area contributed by atoms with E-state index < -0.39 is 0 Å². The van der Waals surface area contributed by atoms with Gasteiger partial charge in [-0.05, 0) is 12.8 Å². The zero-order chi connectivity index (χ0) is 6.53. The first-order chi connectivity index (χ1) is 4.43. The lowest BCUT2D eigenvalue weighted by Crippen LogP contribution is -2.20. The van der Waals surface area contributed by atoms with Crippen LogP contribution >= 0.6 is 0 Å². The van der Waals surface area contributed by atoms with E-state index in [-0.39, 0.29) is 6.29 Å². The van der Waals surface area contributed by atoms with Gasteiger partial charge in [-0.2, -0.15) is 0 Å².